The fourth-order valence-electron chi connectivity index (χ4n) is 1.95. The number of carbonyl (C=O) groups is 1. The van der Waals surface area contributed by atoms with Gasteiger partial charge in [-0.2, -0.15) is 0 Å². The Bertz CT molecular complexity index is 389. The van der Waals surface area contributed by atoms with E-state index in [1.807, 2.05) is 24.3 Å². The molecule has 0 spiro atoms. The zero-order chi connectivity index (χ0) is 12.1. The van der Waals surface area contributed by atoms with E-state index < -0.39 is 0 Å². The highest BCUT2D eigenvalue weighted by atomic mass is 79.9. The average molecular weight is 298 g/mol. The number of carbonyl (C=O) groups excluding carboxylic acids is 1. The molecule has 1 heterocycles. The van der Waals surface area contributed by atoms with Crippen LogP contribution in [0.3, 0.4) is 0 Å². The van der Waals surface area contributed by atoms with Gasteiger partial charge in [0.1, 0.15) is 6.61 Å². The highest BCUT2D eigenvalue weighted by Crippen LogP contribution is 2.15. The van der Waals surface area contributed by atoms with E-state index in [4.69, 9.17) is 4.74 Å². The SMILES string of the molecule is O=C(OCc1cccc(Br)c1)[C@@H]1CCCNC1. The predicted octanol–water partition coefficient (Wildman–Crippen LogP) is 2.49. The Hall–Kier alpha value is -0.870. The maximum atomic E-state index is 11.8. The third kappa shape index (κ3) is 3.82. The van der Waals surface area contributed by atoms with E-state index >= 15 is 0 Å². The van der Waals surface area contributed by atoms with Crippen molar-refractivity contribution in [2.45, 2.75) is 19.4 Å². The molecule has 0 aromatic heterocycles. The summed E-state index contributed by atoms with van der Waals surface area (Å²) < 4.78 is 6.33. The molecule has 1 aliphatic rings. The van der Waals surface area contributed by atoms with Crippen LogP contribution in [0.1, 0.15) is 18.4 Å². The molecule has 1 fully saturated rings. The molecule has 0 bridgehead atoms. The van der Waals surface area contributed by atoms with Gasteiger partial charge in [-0.1, -0.05) is 28.1 Å². The third-order valence-electron chi connectivity index (χ3n) is 2.90. The zero-order valence-corrected chi connectivity index (χ0v) is 11.2. The van der Waals surface area contributed by atoms with Gasteiger partial charge >= 0.3 is 5.97 Å². The van der Waals surface area contributed by atoms with Gasteiger partial charge in [0.2, 0.25) is 0 Å². The van der Waals surface area contributed by atoms with E-state index in [-0.39, 0.29) is 11.9 Å². The molecular formula is C13H16BrNO2. The monoisotopic (exact) mass is 297 g/mol. The number of esters is 1. The topological polar surface area (TPSA) is 38.3 Å². The Morgan fingerprint density at radius 3 is 3.12 bits per heavy atom. The van der Waals surface area contributed by atoms with Gasteiger partial charge in [0, 0.05) is 11.0 Å². The van der Waals surface area contributed by atoms with Crippen LogP contribution in [0.25, 0.3) is 0 Å². The molecule has 2 rings (SSSR count). The van der Waals surface area contributed by atoms with Gasteiger partial charge in [-0.25, -0.2) is 0 Å². The number of hydrogen-bond acceptors (Lipinski definition) is 3. The predicted molar refractivity (Wildman–Crippen MR) is 69.5 cm³/mol. The first-order valence-electron chi connectivity index (χ1n) is 5.87. The van der Waals surface area contributed by atoms with Crippen LogP contribution in [-0.4, -0.2) is 19.1 Å². The van der Waals surface area contributed by atoms with Gasteiger partial charge in [-0.05, 0) is 37.1 Å². The molecule has 4 heteroatoms. The minimum Gasteiger partial charge on any atom is -0.461 e. The Morgan fingerprint density at radius 2 is 2.41 bits per heavy atom. The molecule has 0 amide bonds. The Morgan fingerprint density at radius 1 is 1.53 bits per heavy atom. The second-order valence-electron chi connectivity index (χ2n) is 4.28. The van der Waals surface area contributed by atoms with Crippen molar-refractivity contribution in [3.05, 3.63) is 34.3 Å². The lowest BCUT2D eigenvalue weighted by molar-refractivity contribution is -0.150. The first-order chi connectivity index (χ1) is 8.25. The van der Waals surface area contributed by atoms with Gasteiger partial charge < -0.3 is 10.1 Å². The van der Waals surface area contributed by atoms with Crippen LogP contribution in [0.4, 0.5) is 0 Å². The maximum absolute atomic E-state index is 11.8. The summed E-state index contributed by atoms with van der Waals surface area (Å²) in [5.41, 5.74) is 1.01. The molecule has 17 heavy (non-hydrogen) atoms. The number of halogens is 1. The van der Waals surface area contributed by atoms with Gasteiger partial charge in [-0.15, -0.1) is 0 Å². The average Bonchev–Trinajstić information content (AvgIpc) is 2.37. The summed E-state index contributed by atoms with van der Waals surface area (Å²) in [5.74, 6) is -0.0620. The minimum absolute atomic E-state index is 0.0240. The smallest absolute Gasteiger partial charge is 0.310 e. The molecule has 3 nitrogen and oxygen atoms in total. The number of hydrogen-bond donors (Lipinski definition) is 1. The summed E-state index contributed by atoms with van der Waals surface area (Å²) in [6.45, 7) is 2.11. The van der Waals surface area contributed by atoms with E-state index in [1.165, 1.54) is 0 Å². The Balaban J connectivity index is 1.83. The first kappa shape index (κ1) is 12.6. The first-order valence-corrected chi connectivity index (χ1v) is 6.67. The van der Waals surface area contributed by atoms with E-state index in [0.29, 0.717) is 6.61 Å². The van der Waals surface area contributed by atoms with Crippen LogP contribution in [0.5, 0.6) is 0 Å². The maximum Gasteiger partial charge on any atom is 0.310 e. The molecule has 1 saturated heterocycles. The molecule has 0 saturated carbocycles. The summed E-state index contributed by atoms with van der Waals surface area (Å²) in [6.07, 6.45) is 1.99. The van der Waals surface area contributed by atoms with Crippen molar-refractivity contribution in [3.8, 4) is 0 Å². The highest BCUT2D eigenvalue weighted by Gasteiger charge is 2.22. The van der Waals surface area contributed by atoms with Crippen molar-refractivity contribution in [2.24, 2.45) is 5.92 Å². The Labute approximate surface area is 110 Å². The summed E-state index contributed by atoms with van der Waals surface area (Å²) in [7, 11) is 0. The van der Waals surface area contributed by atoms with Crippen molar-refractivity contribution in [1.82, 2.24) is 5.32 Å². The van der Waals surface area contributed by atoms with Crippen molar-refractivity contribution >= 4 is 21.9 Å². The molecule has 1 aromatic rings. The van der Waals surface area contributed by atoms with Crippen LogP contribution in [0.2, 0.25) is 0 Å². The molecule has 1 N–H and O–H groups in total. The molecule has 1 aromatic carbocycles. The Kier molecular flexibility index (Phi) is 4.57. The van der Waals surface area contributed by atoms with Gasteiger partial charge in [0.25, 0.3) is 0 Å². The molecule has 0 radical (unpaired) electrons. The molecule has 1 aliphatic heterocycles. The summed E-state index contributed by atoms with van der Waals surface area (Å²) in [5, 5.41) is 3.21. The van der Waals surface area contributed by atoms with Crippen molar-refractivity contribution in [3.63, 3.8) is 0 Å². The second-order valence-corrected chi connectivity index (χ2v) is 5.20. The van der Waals surface area contributed by atoms with Crippen molar-refractivity contribution in [2.75, 3.05) is 13.1 Å². The lowest BCUT2D eigenvalue weighted by Crippen LogP contribution is -2.35. The lowest BCUT2D eigenvalue weighted by Gasteiger charge is -2.21. The molecular weight excluding hydrogens is 282 g/mol. The van der Waals surface area contributed by atoms with Crippen molar-refractivity contribution in [1.29, 1.82) is 0 Å². The van der Waals surface area contributed by atoms with Crippen LogP contribution >= 0.6 is 15.9 Å². The largest absolute Gasteiger partial charge is 0.461 e. The summed E-state index contributed by atoms with van der Waals surface area (Å²) in [6, 6.07) is 7.81. The van der Waals surface area contributed by atoms with Crippen LogP contribution in [0.15, 0.2) is 28.7 Å². The van der Waals surface area contributed by atoms with Gasteiger partial charge in [-0.3, -0.25) is 4.79 Å². The van der Waals surface area contributed by atoms with E-state index in [0.717, 1.165) is 36.0 Å². The number of rotatable bonds is 3. The van der Waals surface area contributed by atoms with Crippen molar-refractivity contribution < 1.29 is 9.53 Å². The fraction of sp³-hybridized carbons (Fsp3) is 0.462. The lowest BCUT2D eigenvalue weighted by atomic mass is 10.0. The quantitative estimate of drug-likeness (QED) is 0.871. The molecule has 0 unspecified atom stereocenters. The standard InChI is InChI=1S/C13H16BrNO2/c14-12-5-1-3-10(7-12)9-17-13(16)11-4-2-6-15-8-11/h1,3,5,7,11,15H,2,4,6,8-9H2/t11-/m1/s1. The van der Waals surface area contributed by atoms with E-state index in [9.17, 15) is 4.79 Å². The number of benzene rings is 1. The molecule has 1 atom stereocenters. The van der Waals surface area contributed by atoms with Crippen LogP contribution < -0.4 is 5.32 Å². The van der Waals surface area contributed by atoms with Crippen LogP contribution in [-0.2, 0) is 16.1 Å². The second kappa shape index (κ2) is 6.17. The highest BCUT2D eigenvalue weighted by molar-refractivity contribution is 9.10. The summed E-state index contributed by atoms with van der Waals surface area (Å²) in [4.78, 5) is 11.8. The van der Waals surface area contributed by atoms with Crippen LogP contribution in [0, 0.1) is 5.92 Å². The minimum atomic E-state index is -0.0859. The number of piperidine rings is 1. The number of ether oxygens (including phenoxy) is 1. The molecule has 0 aliphatic carbocycles. The van der Waals surface area contributed by atoms with E-state index in [1.54, 1.807) is 0 Å². The summed E-state index contributed by atoms with van der Waals surface area (Å²) >= 11 is 3.40. The fourth-order valence-corrected chi connectivity index (χ4v) is 2.40. The van der Waals surface area contributed by atoms with Gasteiger partial charge in [0.05, 0.1) is 5.92 Å². The normalized spacial score (nSPS) is 19.9. The third-order valence-corrected chi connectivity index (χ3v) is 3.39. The molecule has 92 valence electrons. The van der Waals surface area contributed by atoms with Gasteiger partial charge in [0.15, 0.2) is 0 Å². The zero-order valence-electron chi connectivity index (χ0n) is 9.62. The number of nitrogens with one attached hydrogen (secondary N) is 1. The van der Waals surface area contributed by atoms with E-state index in [2.05, 4.69) is 21.2 Å².